The van der Waals surface area contributed by atoms with Crippen LogP contribution >= 0.6 is 11.3 Å². The molecule has 1 atom stereocenters. The van der Waals surface area contributed by atoms with Crippen LogP contribution in [0.2, 0.25) is 0 Å². The zero-order valence-corrected chi connectivity index (χ0v) is 17.7. The molecule has 0 saturated heterocycles. The van der Waals surface area contributed by atoms with Gasteiger partial charge in [-0.15, -0.1) is 11.3 Å². The summed E-state index contributed by atoms with van der Waals surface area (Å²) in [6.45, 7) is 1.47. The predicted molar refractivity (Wildman–Crippen MR) is 116 cm³/mol. The van der Waals surface area contributed by atoms with Gasteiger partial charge in [-0.3, -0.25) is 4.79 Å². The Labute approximate surface area is 179 Å². The standard InChI is InChI=1S/C23H23FN2O3S/c1-26(2)18(15-4-3-5-17(24)12-15)14-25-23(27)22-9-8-21(30-22)16-6-7-19-20(13-16)29-11-10-28-19/h3-9,12-13,18H,10-11,14H2,1-2H3,(H,25,27)/t18-/m1/s1. The quantitative estimate of drug-likeness (QED) is 0.636. The van der Waals surface area contributed by atoms with E-state index in [0.717, 1.165) is 27.5 Å². The number of amides is 1. The second-order valence-corrected chi connectivity index (χ2v) is 8.35. The van der Waals surface area contributed by atoms with Crippen molar-refractivity contribution < 1.29 is 18.7 Å². The summed E-state index contributed by atoms with van der Waals surface area (Å²) in [4.78, 5) is 16.3. The molecule has 0 saturated carbocycles. The number of nitrogens with one attached hydrogen (secondary N) is 1. The number of benzene rings is 2. The molecule has 1 aliphatic rings. The number of rotatable bonds is 6. The van der Waals surface area contributed by atoms with Crippen molar-refractivity contribution in [3.8, 4) is 21.9 Å². The van der Waals surface area contributed by atoms with Crippen molar-refractivity contribution in [2.75, 3.05) is 33.9 Å². The highest BCUT2D eigenvalue weighted by molar-refractivity contribution is 7.17. The van der Waals surface area contributed by atoms with Gasteiger partial charge in [0.1, 0.15) is 19.0 Å². The minimum atomic E-state index is -0.284. The normalized spacial score (nSPS) is 13.9. The fourth-order valence-corrected chi connectivity index (χ4v) is 4.32. The first-order chi connectivity index (χ1) is 14.5. The molecule has 3 aromatic rings. The zero-order valence-electron chi connectivity index (χ0n) is 16.9. The lowest BCUT2D eigenvalue weighted by molar-refractivity contribution is 0.0946. The highest BCUT2D eigenvalue weighted by Crippen LogP contribution is 2.36. The fraction of sp³-hybridized carbons (Fsp3) is 0.261. The molecule has 1 N–H and O–H groups in total. The molecule has 0 unspecified atom stereocenters. The molecule has 0 fully saturated rings. The van der Waals surface area contributed by atoms with E-state index in [-0.39, 0.29) is 17.8 Å². The summed E-state index contributed by atoms with van der Waals surface area (Å²) in [6.07, 6.45) is 0. The summed E-state index contributed by atoms with van der Waals surface area (Å²) in [6, 6.07) is 15.9. The van der Waals surface area contributed by atoms with Crippen LogP contribution in [0.4, 0.5) is 4.39 Å². The lowest BCUT2D eigenvalue weighted by atomic mass is 10.1. The van der Waals surface area contributed by atoms with Crippen LogP contribution in [0.5, 0.6) is 11.5 Å². The van der Waals surface area contributed by atoms with Crippen LogP contribution in [0.3, 0.4) is 0 Å². The van der Waals surface area contributed by atoms with Gasteiger partial charge in [0, 0.05) is 11.4 Å². The third kappa shape index (κ3) is 4.47. The third-order valence-corrected chi connectivity index (χ3v) is 6.10. The minimum absolute atomic E-state index is 0.123. The molecule has 2 heterocycles. The minimum Gasteiger partial charge on any atom is -0.486 e. The van der Waals surface area contributed by atoms with Crippen LogP contribution in [0.15, 0.2) is 54.6 Å². The molecule has 1 aromatic heterocycles. The number of nitrogens with zero attached hydrogens (tertiary/aromatic N) is 1. The van der Waals surface area contributed by atoms with Crippen molar-refractivity contribution in [2.24, 2.45) is 0 Å². The number of hydrogen-bond donors (Lipinski definition) is 1. The predicted octanol–water partition coefficient (Wildman–Crippen LogP) is 4.36. The maximum Gasteiger partial charge on any atom is 0.261 e. The van der Waals surface area contributed by atoms with Gasteiger partial charge >= 0.3 is 0 Å². The summed E-state index contributed by atoms with van der Waals surface area (Å²) in [5, 5.41) is 2.98. The SMILES string of the molecule is CN(C)[C@H](CNC(=O)c1ccc(-c2ccc3c(c2)OCCO3)s1)c1cccc(F)c1. The molecule has 1 aliphatic heterocycles. The maximum absolute atomic E-state index is 13.6. The highest BCUT2D eigenvalue weighted by atomic mass is 32.1. The number of carbonyl (C=O) groups is 1. The van der Waals surface area contributed by atoms with Gasteiger partial charge in [0.15, 0.2) is 11.5 Å². The van der Waals surface area contributed by atoms with Gasteiger partial charge in [-0.05, 0) is 67.7 Å². The molecule has 0 aliphatic carbocycles. The Balaban J connectivity index is 1.45. The Kier molecular flexibility index (Phi) is 6.01. The second kappa shape index (κ2) is 8.85. The van der Waals surface area contributed by atoms with E-state index in [9.17, 15) is 9.18 Å². The maximum atomic E-state index is 13.6. The number of thiophene rings is 1. The first kappa shape index (κ1) is 20.4. The summed E-state index contributed by atoms with van der Waals surface area (Å²) in [7, 11) is 3.82. The van der Waals surface area contributed by atoms with Gasteiger partial charge in [0.25, 0.3) is 5.91 Å². The molecule has 4 rings (SSSR count). The monoisotopic (exact) mass is 426 g/mol. The molecule has 0 bridgehead atoms. The smallest absolute Gasteiger partial charge is 0.261 e. The number of likely N-dealkylation sites (N-methyl/N-ethyl adjacent to an activating group) is 1. The Morgan fingerprint density at radius 3 is 2.67 bits per heavy atom. The first-order valence-electron chi connectivity index (χ1n) is 9.71. The summed E-state index contributed by atoms with van der Waals surface area (Å²) < 4.78 is 24.8. The topological polar surface area (TPSA) is 50.8 Å². The van der Waals surface area contributed by atoms with E-state index in [1.54, 1.807) is 6.07 Å². The average molecular weight is 427 g/mol. The molecule has 30 heavy (non-hydrogen) atoms. The molecular formula is C23H23FN2O3S. The Bertz CT molecular complexity index is 1050. The molecule has 1 amide bonds. The number of hydrogen-bond acceptors (Lipinski definition) is 5. The average Bonchev–Trinajstić information content (AvgIpc) is 3.24. The van der Waals surface area contributed by atoms with Crippen LogP contribution in [0.25, 0.3) is 10.4 Å². The Hall–Kier alpha value is -2.90. The van der Waals surface area contributed by atoms with E-state index in [4.69, 9.17) is 9.47 Å². The van der Waals surface area contributed by atoms with Crippen LogP contribution in [0, 0.1) is 5.82 Å². The van der Waals surface area contributed by atoms with E-state index >= 15 is 0 Å². The molecular weight excluding hydrogens is 403 g/mol. The Morgan fingerprint density at radius 2 is 1.90 bits per heavy atom. The summed E-state index contributed by atoms with van der Waals surface area (Å²) >= 11 is 1.42. The van der Waals surface area contributed by atoms with Gasteiger partial charge in [-0.1, -0.05) is 12.1 Å². The van der Waals surface area contributed by atoms with Gasteiger partial charge < -0.3 is 19.7 Å². The third-order valence-electron chi connectivity index (χ3n) is 4.97. The van der Waals surface area contributed by atoms with Crippen molar-refractivity contribution in [3.63, 3.8) is 0 Å². The van der Waals surface area contributed by atoms with Crippen LogP contribution in [0.1, 0.15) is 21.3 Å². The van der Waals surface area contributed by atoms with Crippen LogP contribution < -0.4 is 14.8 Å². The lowest BCUT2D eigenvalue weighted by Crippen LogP contribution is -2.34. The molecule has 7 heteroatoms. The lowest BCUT2D eigenvalue weighted by Gasteiger charge is -2.25. The number of fused-ring (bicyclic) bond motifs is 1. The van der Waals surface area contributed by atoms with Crippen LogP contribution in [-0.2, 0) is 0 Å². The van der Waals surface area contributed by atoms with Crippen molar-refractivity contribution in [2.45, 2.75) is 6.04 Å². The largest absolute Gasteiger partial charge is 0.486 e. The fourth-order valence-electron chi connectivity index (χ4n) is 3.40. The molecule has 0 radical (unpaired) electrons. The van der Waals surface area contributed by atoms with Crippen molar-refractivity contribution in [3.05, 3.63) is 70.9 Å². The van der Waals surface area contributed by atoms with E-state index in [2.05, 4.69) is 5.32 Å². The molecule has 156 valence electrons. The van der Waals surface area contributed by atoms with Gasteiger partial charge in [-0.25, -0.2) is 4.39 Å². The summed E-state index contributed by atoms with van der Waals surface area (Å²) in [5.41, 5.74) is 1.80. The van der Waals surface area contributed by atoms with E-state index in [1.165, 1.54) is 23.5 Å². The zero-order chi connectivity index (χ0) is 21.1. The number of carbonyl (C=O) groups excluding carboxylic acids is 1. The first-order valence-corrected chi connectivity index (χ1v) is 10.5. The van der Waals surface area contributed by atoms with E-state index < -0.39 is 0 Å². The van der Waals surface area contributed by atoms with E-state index in [0.29, 0.717) is 24.6 Å². The number of halogens is 1. The van der Waals surface area contributed by atoms with Crippen molar-refractivity contribution >= 4 is 17.2 Å². The summed E-state index contributed by atoms with van der Waals surface area (Å²) in [5.74, 6) is 1.04. The number of ether oxygens (including phenoxy) is 2. The van der Waals surface area contributed by atoms with Gasteiger partial charge in [-0.2, -0.15) is 0 Å². The second-order valence-electron chi connectivity index (χ2n) is 7.27. The molecule has 0 spiro atoms. The van der Waals surface area contributed by atoms with Gasteiger partial charge in [0.2, 0.25) is 0 Å². The highest BCUT2D eigenvalue weighted by Gasteiger charge is 2.18. The molecule has 5 nitrogen and oxygen atoms in total. The van der Waals surface area contributed by atoms with Gasteiger partial charge in [0.05, 0.1) is 10.9 Å². The Morgan fingerprint density at radius 1 is 1.10 bits per heavy atom. The van der Waals surface area contributed by atoms with Crippen LogP contribution in [-0.4, -0.2) is 44.7 Å². The molecule has 2 aromatic carbocycles. The van der Waals surface area contributed by atoms with Crippen molar-refractivity contribution in [1.29, 1.82) is 0 Å². The van der Waals surface area contributed by atoms with Crippen molar-refractivity contribution in [1.82, 2.24) is 10.2 Å². The van der Waals surface area contributed by atoms with E-state index in [1.807, 2.05) is 55.4 Å².